The Morgan fingerprint density at radius 2 is 1.89 bits per heavy atom. The van der Waals surface area contributed by atoms with Crippen molar-refractivity contribution in [3.05, 3.63) is 51.7 Å². The summed E-state index contributed by atoms with van der Waals surface area (Å²) in [7, 11) is 2.49. The number of hydrogen-bond donors (Lipinski definition) is 1. The van der Waals surface area contributed by atoms with Crippen LogP contribution < -0.4 is 0 Å². The number of methoxy groups -OCH3 is 2. The number of ether oxygens (including phenoxy) is 2. The molecule has 150 valence electrons. The topological polar surface area (TPSA) is 123 Å². The highest BCUT2D eigenvalue weighted by Crippen LogP contribution is 2.40. The van der Waals surface area contributed by atoms with E-state index in [9.17, 15) is 19.7 Å². The fourth-order valence-electron chi connectivity index (χ4n) is 2.84. The van der Waals surface area contributed by atoms with E-state index in [4.69, 9.17) is 14.9 Å². The van der Waals surface area contributed by atoms with Crippen molar-refractivity contribution in [2.24, 2.45) is 0 Å². The zero-order valence-corrected chi connectivity index (χ0v) is 16.7. The maximum atomic E-state index is 12.3. The summed E-state index contributed by atoms with van der Waals surface area (Å²) in [4.78, 5) is 36.5. The summed E-state index contributed by atoms with van der Waals surface area (Å²) in [5.41, 5.74) is -0.0461. The van der Waals surface area contributed by atoms with E-state index in [0.717, 1.165) is 0 Å². The summed E-state index contributed by atoms with van der Waals surface area (Å²) in [6.07, 6.45) is 1.42. The SMILES string of the molecule is COC(=O)/C(=C/N1CSC(C)(C)[C@H]1C(=O)OC)C(=N)c1ccc([N+](=O)[O-])cc1. The minimum atomic E-state index is -0.748. The van der Waals surface area contributed by atoms with E-state index in [-0.39, 0.29) is 17.0 Å². The molecule has 28 heavy (non-hydrogen) atoms. The zero-order chi connectivity index (χ0) is 21.1. The van der Waals surface area contributed by atoms with E-state index in [1.54, 1.807) is 4.90 Å². The molecule has 0 aromatic heterocycles. The molecular weight excluding hydrogens is 386 g/mol. The molecule has 1 aliphatic rings. The Bertz CT molecular complexity index is 834. The van der Waals surface area contributed by atoms with Gasteiger partial charge < -0.3 is 14.4 Å². The van der Waals surface area contributed by atoms with Gasteiger partial charge in [0.05, 0.1) is 30.7 Å². The average molecular weight is 407 g/mol. The number of esters is 2. The van der Waals surface area contributed by atoms with Crippen molar-refractivity contribution >= 4 is 35.1 Å². The van der Waals surface area contributed by atoms with Crippen molar-refractivity contribution in [1.82, 2.24) is 4.90 Å². The Balaban J connectivity index is 2.42. The first-order valence-corrected chi connectivity index (χ1v) is 9.22. The fraction of sp³-hybridized carbons (Fsp3) is 0.389. The summed E-state index contributed by atoms with van der Waals surface area (Å²) in [5, 5.41) is 19.2. The normalized spacial score (nSPS) is 18.5. The Hall–Kier alpha value is -2.88. The summed E-state index contributed by atoms with van der Waals surface area (Å²) < 4.78 is 9.23. The molecule has 1 heterocycles. The highest BCUT2D eigenvalue weighted by Gasteiger charge is 2.46. The van der Waals surface area contributed by atoms with Gasteiger partial charge in [0.2, 0.25) is 0 Å². The summed E-state index contributed by atoms with van der Waals surface area (Å²) >= 11 is 1.52. The van der Waals surface area contributed by atoms with Crippen LogP contribution in [0.15, 0.2) is 36.0 Å². The maximum Gasteiger partial charge on any atom is 0.341 e. The predicted octanol–water partition coefficient (Wildman–Crippen LogP) is 2.35. The van der Waals surface area contributed by atoms with Crippen molar-refractivity contribution in [1.29, 1.82) is 5.41 Å². The first-order valence-electron chi connectivity index (χ1n) is 8.23. The van der Waals surface area contributed by atoms with Gasteiger partial charge in [-0.15, -0.1) is 11.8 Å². The number of non-ortho nitro benzene ring substituents is 1. The van der Waals surface area contributed by atoms with Crippen LogP contribution in [0.4, 0.5) is 5.69 Å². The van der Waals surface area contributed by atoms with E-state index >= 15 is 0 Å². The molecule has 2 rings (SSSR count). The molecule has 10 heteroatoms. The Morgan fingerprint density at radius 3 is 2.39 bits per heavy atom. The number of rotatable bonds is 6. The van der Waals surface area contributed by atoms with Crippen LogP contribution in [-0.4, -0.2) is 58.4 Å². The molecule has 0 spiro atoms. The average Bonchev–Trinajstić information content (AvgIpc) is 2.98. The van der Waals surface area contributed by atoms with Crippen molar-refractivity contribution in [3.8, 4) is 0 Å². The monoisotopic (exact) mass is 407 g/mol. The summed E-state index contributed by atoms with van der Waals surface area (Å²) in [5.74, 6) is -0.778. The van der Waals surface area contributed by atoms with Gasteiger partial charge in [-0.3, -0.25) is 15.5 Å². The van der Waals surface area contributed by atoms with E-state index < -0.39 is 27.7 Å². The van der Waals surface area contributed by atoms with Gasteiger partial charge in [-0.05, 0) is 26.0 Å². The third-order valence-corrected chi connectivity index (χ3v) is 5.73. The van der Waals surface area contributed by atoms with Crippen LogP contribution in [0.25, 0.3) is 0 Å². The molecule has 0 saturated carbocycles. The number of nitrogens with one attached hydrogen (secondary N) is 1. The lowest BCUT2D eigenvalue weighted by Gasteiger charge is -2.28. The molecule has 1 aliphatic heterocycles. The number of carbonyl (C=O) groups excluding carboxylic acids is 2. The first-order chi connectivity index (χ1) is 13.1. The van der Waals surface area contributed by atoms with E-state index in [2.05, 4.69) is 0 Å². The van der Waals surface area contributed by atoms with Gasteiger partial charge in [-0.25, -0.2) is 9.59 Å². The van der Waals surface area contributed by atoms with Crippen LogP contribution in [0.1, 0.15) is 19.4 Å². The highest BCUT2D eigenvalue weighted by atomic mass is 32.2. The van der Waals surface area contributed by atoms with Crippen LogP contribution in [0.2, 0.25) is 0 Å². The molecule has 1 saturated heterocycles. The van der Waals surface area contributed by atoms with Crippen LogP contribution in [0.3, 0.4) is 0 Å². The summed E-state index contributed by atoms with van der Waals surface area (Å²) in [6.45, 7) is 3.79. The predicted molar refractivity (Wildman–Crippen MR) is 104 cm³/mol. The Morgan fingerprint density at radius 1 is 1.29 bits per heavy atom. The number of thioether (sulfide) groups is 1. The molecule has 1 atom stereocenters. The van der Waals surface area contributed by atoms with Crippen LogP contribution in [-0.2, 0) is 19.1 Å². The van der Waals surface area contributed by atoms with Crippen LogP contribution >= 0.6 is 11.8 Å². The van der Waals surface area contributed by atoms with Crippen molar-refractivity contribution in [3.63, 3.8) is 0 Å². The molecule has 0 unspecified atom stereocenters. The molecule has 1 aromatic rings. The minimum Gasteiger partial charge on any atom is -0.467 e. The second-order valence-electron chi connectivity index (χ2n) is 6.53. The maximum absolute atomic E-state index is 12.3. The molecule has 1 aromatic carbocycles. The number of carbonyl (C=O) groups is 2. The third kappa shape index (κ3) is 4.33. The lowest BCUT2D eigenvalue weighted by Crippen LogP contribution is -2.45. The number of benzene rings is 1. The van der Waals surface area contributed by atoms with E-state index in [1.807, 2.05) is 13.8 Å². The highest BCUT2D eigenvalue weighted by molar-refractivity contribution is 8.00. The van der Waals surface area contributed by atoms with E-state index in [0.29, 0.717) is 11.4 Å². The molecule has 1 N–H and O–H groups in total. The second kappa shape index (κ2) is 8.42. The lowest BCUT2D eigenvalue weighted by molar-refractivity contribution is -0.384. The number of nitro benzene ring substituents is 1. The van der Waals surface area contributed by atoms with Crippen molar-refractivity contribution < 1.29 is 24.0 Å². The van der Waals surface area contributed by atoms with Crippen molar-refractivity contribution in [2.75, 3.05) is 20.1 Å². The number of hydrogen-bond acceptors (Lipinski definition) is 9. The zero-order valence-electron chi connectivity index (χ0n) is 15.9. The molecule has 0 aliphatic carbocycles. The van der Waals surface area contributed by atoms with Gasteiger partial charge in [0, 0.05) is 28.6 Å². The lowest BCUT2D eigenvalue weighted by atomic mass is 10.00. The largest absolute Gasteiger partial charge is 0.467 e. The van der Waals surface area contributed by atoms with E-state index in [1.165, 1.54) is 56.4 Å². The molecule has 1 fully saturated rings. The second-order valence-corrected chi connectivity index (χ2v) is 8.13. The third-order valence-electron chi connectivity index (χ3n) is 4.34. The molecule has 9 nitrogen and oxygen atoms in total. The fourth-order valence-corrected chi connectivity index (χ4v) is 3.93. The smallest absolute Gasteiger partial charge is 0.341 e. The molecule has 0 amide bonds. The van der Waals surface area contributed by atoms with Gasteiger partial charge in [0.1, 0.15) is 11.6 Å². The summed E-state index contributed by atoms with van der Waals surface area (Å²) in [6, 6.07) is 4.64. The van der Waals surface area contributed by atoms with Crippen LogP contribution in [0.5, 0.6) is 0 Å². The van der Waals surface area contributed by atoms with Gasteiger partial charge >= 0.3 is 11.9 Å². The Kier molecular flexibility index (Phi) is 6.45. The van der Waals surface area contributed by atoms with Gasteiger partial charge in [-0.2, -0.15) is 0 Å². The van der Waals surface area contributed by atoms with Crippen molar-refractivity contribution in [2.45, 2.75) is 24.6 Å². The van der Waals surface area contributed by atoms with Gasteiger partial charge in [0.15, 0.2) is 0 Å². The van der Waals surface area contributed by atoms with Gasteiger partial charge in [-0.1, -0.05) is 0 Å². The van der Waals surface area contributed by atoms with Crippen LogP contribution in [0, 0.1) is 15.5 Å². The molecule has 0 radical (unpaired) electrons. The number of nitro groups is 1. The van der Waals surface area contributed by atoms with Gasteiger partial charge in [0.25, 0.3) is 5.69 Å². The first kappa shape index (κ1) is 21.4. The molecule has 0 bridgehead atoms. The molecular formula is C18H21N3O6S. The Labute approximate surface area is 166 Å². The number of nitrogens with zero attached hydrogens (tertiary/aromatic N) is 2. The quantitative estimate of drug-likeness (QED) is 0.251. The minimum absolute atomic E-state index is 0.0662. The standard InChI is InChI=1S/C18H21N3O6S/c1-18(2)15(17(23)27-4)20(10-28-18)9-13(16(22)26-3)14(19)11-5-7-12(8-6-11)21(24)25/h5-9,15,19H,10H2,1-4H3/b13-9+,19-14?/t15-/m1/s1.